The van der Waals surface area contributed by atoms with E-state index >= 15 is 0 Å². The van der Waals surface area contributed by atoms with Gasteiger partial charge in [-0.2, -0.15) is 24.5 Å². The molecule has 2 rings (SSSR count). The molecule has 140 valence electrons. The van der Waals surface area contributed by atoms with Crippen molar-refractivity contribution in [3.63, 3.8) is 0 Å². The van der Waals surface area contributed by atoms with Crippen LogP contribution in [0.3, 0.4) is 0 Å². The second-order valence-corrected chi connectivity index (χ2v) is 5.95. The minimum atomic E-state index is -4.47. The number of ether oxygens (including phenoxy) is 1. The Kier molecular flexibility index (Phi) is 6.96. The fourth-order valence-corrected chi connectivity index (χ4v) is 2.54. The highest BCUT2D eigenvalue weighted by Gasteiger charge is 2.29. The topological polar surface area (TPSA) is 80.3 Å². The van der Waals surface area contributed by atoms with Gasteiger partial charge in [-0.1, -0.05) is 6.07 Å². The molecular formula is C16H16F3N3O3S. The lowest BCUT2D eigenvalue weighted by molar-refractivity contribution is -0.154. The van der Waals surface area contributed by atoms with Crippen LogP contribution in [0.4, 0.5) is 13.2 Å². The average Bonchev–Trinajstić information content (AvgIpc) is 3.13. The van der Waals surface area contributed by atoms with Crippen molar-refractivity contribution in [2.24, 2.45) is 0 Å². The number of alkyl halides is 3. The lowest BCUT2D eigenvalue weighted by atomic mass is 10.2. The maximum atomic E-state index is 12.2. The van der Waals surface area contributed by atoms with Gasteiger partial charge >= 0.3 is 6.18 Å². The molecule has 10 heteroatoms. The van der Waals surface area contributed by atoms with E-state index in [4.69, 9.17) is 0 Å². The Hall–Kier alpha value is -2.62. The Morgan fingerprint density at radius 2 is 2.04 bits per heavy atom. The minimum absolute atomic E-state index is 0.0294. The standard InChI is InChI=1S/C16H16F3N3O3S/c17-16(18,19)10-25-15-11(2-1-5-21-15)8-22-13(23)3-6-20-14(24)12-4-7-26-9-12/h1-2,4-5,7,9H,3,6,8,10H2,(H,20,24)(H,22,23). The summed E-state index contributed by atoms with van der Waals surface area (Å²) >= 11 is 1.39. The first-order chi connectivity index (χ1) is 12.3. The molecule has 0 aliphatic rings. The van der Waals surface area contributed by atoms with Gasteiger partial charge in [-0.25, -0.2) is 4.98 Å². The van der Waals surface area contributed by atoms with Crippen LogP contribution in [0, 0.1) is 0 Å². The van der Waals surface area contributed by atoms with Gasteiger partial charge in [-0.3, -0.25) is 9.59 Å². The number of carbonyl (C=O) groups excluding carboxylic acids is 2. The number of amides is 2. The van der Waals surface area contributed by atoms with E-state index in [1.54, 1.807) is 16.8 Å². The maximum absolute atomic E-state index is 12.2. The van der Waals surface area contributed by atoms with Gasteiger partial charge in [0.25, 0.3) is 5.91 Å². The summed E-state index contributed by atoms with van der Waals surface area (Å²) < 4.78 is 41.4. The minimum Gasteiger partial charge on any atom is -0.468 e. The molecule has 6 nitrogen and oxygen atoms in total. The Morgan fingerprint density at radius 1 is 1.23 bits per heavy atom. The summed E-state index contributed by atoms with van der Waals surface area (Å²) in [4.78, 5) is 27.3. The molecule has 0 aromatic carbocycles. The van der Waals surface area contributed by atoms with Crippen LogP contribution in [0.1, 0.15) is 22.3 Å². The summed E-state index contributed by atoms with van der Waals surface area (Å²) in [6.45, 7) is -1.34. The molecule has 0 saturated carbocycles. The smallest absolute Gasteiger partial charge is 0.422 e. The molecule has 0 aliphatic heterocycles. The van der Waals surface area contributed by atoms with Gasteiger partial charge in [-0.05, 0) is 17.5 Å². The van der Waals surface area contributed by atoms with Crippen LogP contribution in [-0.2, 0) is 11.3 Å². The molecule has 0 atom stereocenters. The van der Waals surface area contributed by atoms with Gasteiger partial charge in [-0.15, -0.1) is 0 Å². The van der Waals surface area contributed by atoms with Crippen molar-refractivity contribution >= 4 is 23.2 Å². The third kappa shape index (κ3) is 6.71. The normalized spacial score (nSPS) is 11.0. The zero-order valence-corrected chi connectivity index (χ0v) is 14.3. The molecule has 2 aromatic heterocycles. The summed E-state index contributed by atoms with van der Waals surface area (Å²) in [6, 6.07) is 4.71. The number of pyridine rings is 1. The molecule has 0 radical (unpaired) electrons. The quantitative estimate of drug-likeness (QED) is 0.730. The van der Waals surface area contributed by atoms with Crippen molar-refractivity contribution in [3.05, 3.63) is 46.3 Å². The largest absolute Gasteiger partial charge is 0.468 e. The van der Waals surface area contributed by atoms with Gasteiger partial charge in [0.05, 0.1) is 0 Å². The Morgan fingerprint density at radius 3 is 2.73 bits per heavy atom. The third-order valence-corrected chi connectivity index (χ3v) is 3.80. The van der Waals surface area contributed by atoms with Gasteiger partial charge in [0.15, 0.2) is 6.61 Å². The molecule has 2 amide bonds. The molecule has 2 aromatic rings. The van der Waals surface area contributed by atoms with Crippen LogP contribution in [0.2, 0.25) is 0 Å². The summed E-state index contributed by atoms with van der Waals surface area (Å²) in [5.74, 6) is -0.814. The van der Waals surface area contributed by atoms with E-state index in [-0.39, 0.29) is 37.2 Å². The second kappa shape index (κ2) is 9.18. The van der Waals surface area contributed by atoms with Crippen LogP contribution in [0.15, 0.2) is 35.2 Å². The van der Waals surface area contributed by atoms with Crippen LogP contribution in [0.5, 0.6) is 5.88 Å². The number of thiophene rings is 1. The van der Waals surface area contributed by atoms with E-state index in [0.717, 1.165) is 0 Å². The van der Waals surface area contributed by atoms with Crippen molar-refractivity contribution in [3.8, 4) is 5.88 Å². The van der Waals surface area contributed by atoms with E-state index in [1.807, 2.05) is 0 Å². The molecule has 0 spiro atoms. The zero-order chi connectivity index (χ0) is 19.0. The molecule has 0 aliphatic carbocycles. The van der Waals surface area contributed by atoms with E-state index in [1.165, 1.54) is 29.7 Å². The second-order valence-electron chi connectivity index (χ2n) is 5.17. The van der Waals surface area contributed by atoms with Crippen molar-refractivity contribution < 1.29 is 27.5 Å². The number of aromatic nitrogens is 1. The molecule has 2 N–H and O–H groups in total. The molecule has 26 heavy (non-hydrogen) atoms. The molecule has 0 fully saturated rings. The van der Waals surface area contributed by atoms with Gasteiger partial charge in [0.1, 0.15) is 0 Å². The first-order valence-corrected chi connectivity index (χ1v) is 8.50. The highest BCUT2D eigenvalue weighted by molar-refractivity contribution is 7.08. The number of carbonyl (C=O) groups is 2. The molecule has 2 heterocycles. The lowest BCUT2D eigenvalue weighted by Gasteiger charge is -2.12. The first-order valence-electron chi connectivity index (χ1n) is 7.55. The Bertz CT molecular complexity index is 736. The fourth-order valence-electron chi connectivity index (χ4n) is 1.91. The fraction of sp³-hybridized carbons (Fsp3) is 0.312. The van der Waals surface area contributed by atoms with E-state index in [9.17, 15) is 22.8 Å². The highest BCUT2D eigenvalue weighted by atomic mass is 32.1. The van der Waals surface area contributed by atoms with Crippen molar-refractivity contribution in [1.29, 1.82) is 0 Å². The molecular weight excluding hydrogens is 371 g/mol. The number of hydrogen-bond acceptors (Lipinski definition) is 5. The number of rotatable bonds is 8. The van der Waals surface area contributed by atoms with E-state index in [0.29, 0.717) is 11.1 Å². The Labute approximate surface area is 151 Å². The zero-order valence-electron chi connectivity index (χ0n) is 13.5. The first kappa shape index (κ1) is 19.7. The summed E-state index contributed by atoms with van der Waals surface area (Å²) in [5.41, 5.74) is 0.852. The van der Waals surface area contributed by atoms with Crippen molar-refractivity contribution in [2.75, 3.05) is 13.2 Å². The predicted octanol–water partition coefficient (Wildman–Crippen LogP) is 2.52. The predicted molar refractivity (Wildman–Crippen MR) is 88.9 cm³/mol. The van der Waals surface area contributed by atoms with Gasteiger partial charge in [0, 0.05) is 42.2 Å². The van der Waals surface area contributed by atoms with Crippen molar-refractivity contribution in [2.45, 2.75) is 19.1 Å². The number of hydrogen-bond donors (Lipinski definition) is 2. The van der Waals surface area contributed by atoms with E-state index < -0.39 is 12.8 Å². The van der Waals surface area contributed by atoms with Crippen LogP contribution in [0.25, 0.3) is 0 Å². The summed E-state index contributed by atoms with van der Waals surface area (Å²) in [6.07, 6.45) is -3.13. The molecule has 0 bridgehead atoms. The molecule has 0 unspecified atom stereocenters. The maximum Gasteiger partial charge on any atom is 0.422 e. The SMILES string of the molecule is O=C(CCNC(=O)c1ccsc1)NCc1cccnc1OCC(F)(F)F. The molecule has 0 saturated heterocycles. The van der Waals surface area contributed by atoms with E-state index in [2.05, 4.69) is 20.4 Å². The van der Waals surface area contributed by atoms with Crippen LogP contribution in [-0.4, -0.2) is 36.1 Å². The number of nitrogens with zero attached hydrogens (tertiary/aromatic N) is 1. The van der Waals surface area contributed by atoms with Gasteiger partial charge in [0.2, 0.25) is 11.8 Å². The van der Waals surface area contributed by atoms with Gasteiger partial charge < -0.3 is 15.4 Å². The Balaban J connectivity index is 1.76. The highest BCUT2D eigenvalue weighted by Crippen LogP contribution is 2.19. The monoisotopic (exact) mass is 387 g/mol. The number of nitrogens with one attached hydrogen (secondary N) is 2. The average molecular weight is 387 g/mol. The third-order valence-electron chi connectivity index (χ3n) is 3.12. The van der Waals surface area contributed by atoms with Crippen LogP contribution < -0.4 is 15.4 Å². The lowest BCUT2D eigenvalue weighted by Crippen LogP contribution is -2.30. The summed E-state index contributed by atoms with van der Waals surface area (Å²) in [7, 11) is 0. The number of halogens is 3. The van der Waals surface area contributed by atoms with Crippen molar-refractivity contribution in [1.82, 2.24) is 15.6 Å². The summed E-state index contributed by atoms with van der Waals surface area (Å²) in [5, 5.41) is 8.63. The van der Waals surface area contributed by atoms with Crippen LogP contribution >= 0.6 is 11.3 Å².